The minimum Gasteiger partial charge on any atom is -0.341 e. The molecule has 0 aliphatic carbocycles. The zero-order chi connectivity index (χ0) is 14.4. The highest BCUT2D eigenvalue weighted by atomic mass is 16.2. The van der Waals surface area contributed by atoms with E-state index in [-0.39, 0.29) is 18.5 Å². The largest absolute Gasteiger partial charge is 0.341 e. The van der Waals surface area contributed by atoms with Crippen LogP contribution in [-0.2, 0) is 4.79 Å². The molecule has 1 fully saturated rings. The van der Waals surface area contributed by atoms with Gasteiger partial charge in [-0.3, -0.25) is 20.0 Å². The molecule has 0 spiro atoms. The van der Waals surface area contributed by atoms with Gasteiger partial charge in [0.25, 0.3) is 0 Å². The first-order chi connectivity index (χ1) is 9.70. The van der Waals surface area contributed by atoms with Crippen LogP contribution >= 0.6 is 0 Å². The maximum atomic E-state index is 11.8. The predicted octanol–water partition coefficient (Wildman–Crippen LogP) is -0.516. The SMILES string of the molecule is CNC(=O)NC(=O)CN1CCNCC1c1cccnc1. The van der Waals surface area contributed by atoms with E-state index >= 15 is 0 Å². The summed E-state index contributed by atoms with van der Waals surface area (Å²) in [4.78, 5) is 29.1. The number of hydrogen-bond acceptors (Lipinski definition) is 5. The Morgan fingerprint density at radius 3 is 3.10 bits per heavy atom. The fraction of sp³-hybridized carbons (Fsp3) is 0.462. The molecule has 7 nitrogen and oxygen atoms in total. The molecule has 2 heterocycles. The van der Waals surface area contributed by atoms with Gasteiger partial charge in [0, 0.05) is 45.1 Å². The van der Waals surface area contributed by atoms with E-state index in [1.54, 1.807) is 12.4 Å². The third kappa shape index (κ3) is 3.75. The Balaban J connectivity index is 2.00. The van der Waals surface area contributed by atoms with Gasteiger partial charge in [0.15, 0.2) is 0 Å². The molecule has 2 rings (SSSR count). The Hall–Kier alpha value is -1.99. The fourth-order valence-electron chi connectivity index (χ4n) is 2.25. The molecular weight excluding hydrogens is 258 g/mol. The molecule has 1 aromatic rings. The van der Waals surface area contributed by atoms with Gasteiger partial charge in [-0.05, 0) is 11.6 Å². The lowest BCUT2D eigenvalue weighted by molar-refractivity contribution is -0.122. The molecule has 1 atom stereocenters. The van der Waals surface area contributed by atoms with E-state index in [0.717, 1.165) is 25.2 Å². The van der Waals surface area contributed by atoms with Crippen molar-refractivity contribution >= 4 is 11.9 Å². The fourth-order valence-corrected chi connectivity index (χ4v) is 2.25. The van der Waals surface area contributed by atoms with E-state index in [9.17, 15) is 9.59 Å². The molecule has 1 saturated heterocycles. The molecule has 20 heavy (non-hydrogen) atoms. The third-order valence-electron chi connectivity index (χ3n) is 3.25. The molecule has 1 aliphatic rings. The maximum Gasteiger partial charge on any atom is 0.321 e. The lowest BCUT2D eigenvalue weighted by atomic mass is 10.1. The number of aromatic nitrogens is 1. The van der Waals surface area contributed by atoms with Crippen LogP contribution in [0.15, 0.2) is 24.5 Å². The number of nitrogens with one attached hydrogen (secondary N) is 3. The topological polar surface area (TPSA) is 86.4 Å². The van der Waals surface area contributed by atoms with E-state index in [0.29, 0.717) is 0 Å². The molecule has 1 aliphatic heterocycles. The summed E-state index contributed by atoms with van der Waals surface area (Å²) in [7, 11) is 1.48. The first kappa shape index (κ1) is 14.4. The molecule has 0 saturated carbocycles. The van der Waals surface area contributed by atoms with Crippen molar-refractivity contribution in [2.75, 3.05) is 33.2 Å². The van der Waals surface area contributed by atoms with Gasteiger partial charge in [-0.2, -0.15) is 0 Å². The van der Waals surface area contributed by atoms with Gasteiger partial charge in [-0.15, -0.1) is 0 Å². The number of imide groups is 1. The van der Waals surface area contributed by atoms with Crippen LogP contribution in [0, 0.1) is 0 Å². The zero-order valence-corrected chi connectivity index (χ0v) is 11.4. The predicted molar refractivity (Wildman–Crippen MR) is 74.0 cm³/mol. The summed E-state index contributed by atoms with van der Waals surface area (Å²) < 4.78 is 0. The number of urea groups is 1. The highest BCUT2D eigenvalue weighted by Crippen LogP contribution is 2.20. The zero-order valence-electron chi connectivity index (χ0n) is 11.4. The van der Waals surface area contributed by atoms with Crippen molar-refractivity contribution in [3.8, 4) is 0 Å². The molecule has 0 radical (unpaired) electrons. The second-order valence-corrected chi connectivity index (χ2v) is 4.60. The molecule has 1 unspecified atom stereocenters. The Bertz CT molecular complexity index is 465. The van der Waals surface area contributed by atoms with E-state index in [1.807, 2.05) is 17.0 Å². The van der Waals surface area contributed by atoms with E-state index in [4.69, 9.17) is 0 Å². The van der Waals surface area contributed by atoms with Crippen LogP contribution in [0.2, 0.25) is 0 Å². The Morgan fingerprint density at radius 1 is 1.55 bits per heavy atom. The molecule has 3 N–H and O–H groups in total. The number of rotatable bonds is 3. The van der Waals surface area contributed by atoms with Gasteiger partial charge in [-0.25, -0.2) is 4.79 Å². The van der Waals surface area contributed by atoms with Crippen molar-refractivity contribution < 1.29 is 9.59 Å². The van der Waals surface area contributed by atoms with Crippen molar-refractivity contribution in [2.45, 2.75) is 6.04 Å². The smallest absolute Gasteiger partial charge is 0.321 e. The van der Waals surface area contributed by atoms with Crippen LogP contribution in [0.3, 0.4) is 0 Å². The quantitative estimate of drug-likeness (QED) is 0.692. The molecule has 0 bridgehead atoms. The van der Waals surface area contributed by atoms with E-state index < -0.39 is 6.03 Å². The van der Waals surface area contributed by atoms with Crippen molar-refractivity contribution in [1.29, 1.82) is 0 Å². The van der Waals surface area contributed by atoms with Gasteiger partial charge in [0.1, 0.15) is 0 Å². The van der Waals surface area contributed by atoms with Crippen LogP contribution in [-0.4, -0.2) is 55.0 Å². The number of carbonyl (C=O) groups is 2. The van der Waals surface area contributed by atoms with Gasteiger partial charge >= 0.3 is 6.03 Å². The maximum absolute atomic E-state index is 11.8. The normalized spacial score (nSPS) is 19.4. The number of pyridine rings is 1. The van der Waals surface area contributed by atoms with Crippen LogP contribution in [0.25, 0.3) is 0 Å². The van der Waals surface area contributed by atoms with Crippen LogP contribution in [0.4, 0.5) is 4.79 Å². The number of nitrogens with zero attached hydrogens (tertiary/aromatic N) is 2. The summed E-state index contributed by atoms with van der Waals surface area (Å²) in [5.41, 5.74) is 1.06. The number of amides is 3. The van der Waals surface area contributed by atoms with Crippen LogP contribution in [0.5, 0.6) is 0 Å². The molecular formula is C13H19N5O2. The molecule has 0 aromatic carbocycles. The summed E-state index contributed by atoms with van der Waals surface area (Å²) in [5, 5.41) is 7.95. The summed E-state index contributed by atoms with van der Waals surface area (Å²) in [6.45, 7) is 2.53. The van der Waals surface area contributed by atoms with Crippen molar-refractivity contribution in [2.24, 2.45) is 0 Å². The Morgan fingerprint density at radius 2 is 2.40 bits per heavy atom. The number of hydrogen-bond donors (Lipinski definition) is 3. The van der Waals surface area contributed by atoms with Gasteiger partial charge in [0.2, 0.25) is 5.91 Å². The average Bonchev–Trinajstić information content (AvgIpc) is 2.48. The number of piperazine rings is 1. The minimum absolute atomic E-state index is 0.0906. The van der Waals surface area contributed by atoms with Crippen LogP contribution < -0.4 is 16.0 Å². The van der Waals surface area contributed by atoms with Crippen molar-refractivity contribution in [3.63, 3.8) is 0 Å². The highest BCUT2D eigenvalue weighted by molar-refractivity contribution is 5.95. The van der Waals surface area contributed by atoms with E-state index in [1.165, 1.54) is 7.05 Å². The Kier molecular flexibility index (Phi) is 5.03. The third-order valence-corrected chi connectivity index (χ3v) is 3.25. The van der Waals surface area contributed by atoms with Gasteiger partial charge in [0.05, 0.1) is 6.54 Å². The first-order valence-corrected chi connectivity index (χ1v) is 6.57. The summed E-state index contributed by atoms with van der Waals surface area (Å²) in [6, 6.07) is 3.48. The Labute approximate surface area is 117 Å². The molecule has 3 amide bonds. The highest BCUT2D eigenvalue weighted by Gasteiger charge is 2.25. The molecule has 1 aromatic heterocycles. The molecule has 108 valence electrons. The average molecular weight is 277 g/mol. The van der Waals surface area contributed by atoms with E-state index in [2.05, 4.69) is 20.9 Å². The monoisotopic (exact) mass is 277 g/mol. The lowest BCUT2D eigenvalue weighted by Crippen LogP contribution is -2.51. The summed E-state index contributed by atoms with van der Waals surface area (Å²) >= 11 is 0. The standard InChI is InChI=1S/C13H19N5O2/c1-14-13(20)17-12(19)9-18-6-5-16-8-11(18)10-3-2-4-15-7-10/h2-4,7,11,16H,5-6,8-9H2,1H3,(H2,14,17,19,20). The number of carbonyl (C=O) groups excluding carboxylic acids is 2. The molecule has 7 heteroatoms. The van der Waals surface area contributed by atoms with Crippen molar-refractivity contribution in [3.05, 3.63) is 30.1 Å². The van der Waals surface area contributed by atoms with Gasteiger partial charge < -0.3 is 10.6 Å². The lowest BCUT2D eigenvalue weighted by Gasteiger charge is -2.35. The first-order valence-electron chi connectivity index (χ1n) is 6.57. The second kappa shape index (κ2) is 6.97. The summed E-state index contributed by atoms with van der Waals surface area (Å²) in [5.74, 6) is -0.305. The summed E-state index contributed by atoms with van der Waals surface area (Å²) in [6.07, 6.45) is 3.53. The van der Waals surface area contributed by atoms with Gasteiger partial charge in [-0.1, -0.05) is 6.07 Å². The van der Waals surface area contributed by atoms with Crippen molar-refractivity contribution in [1.82, 2.24) is 25.8 Å². The second-order valence-electron chi connectivity index (χ2n) is 4.60. The van der Waals surface area contributed by atoms with Crippen LogP contribution in [0.1, 0.15) is 11.6 Å². The minimum atomic E-state index is -0.483.